The minimum Gasteiger partial charge on any atom is -0.459 e. The molecule has 0 saturated heterocycles. The van der Waals surface area contributed by atoms with E-state index in [-0.39, 0.29) is 18.1 Å². The lowest BCUT2D eigenvalue weighted by Crippen LogP contribution is -2.46. The average Bonchev–Trinajstić information content (AvgIpc) is 2.12. The topological polar surface area (TPSA) is 50.4 Å². The molecule has 1 unspecified atom stereocenters. The Morgan fingerprint density at radius 2 is 1.67 bits per heavy atom. The van der Waals surface area contributed by atoms with Gasteiger partial charge in [0.1, 0.15) is 11.6 Å². The SMILES string of the molecule is CC(C)NCCC(NC(C)C)C(=O)OC(C)(C)C. The van der Waals surface area contributed by atoms with Crippen molar-refractivity contribution in [2.75, 3.05) is 6.54 Å². The highest BCUT2D eigenvalue weighted by Crippen LogP contribution is 2.10. The summed E-state index contributed by atoms with van der Waals surface area (Å²) in [6.07, 6.45) is 0.741. The fourth-order valence-corrected chi connectivity index (χ4v) is 1.56. The van der Waals surface area contributed by atoms with Crippen molar-refractivity contribution in [3.63, 3.8) is 0 Å². The van der Waals surface area contributed by atoms with E-state index in [9.17, 15) is 4.79 Å². The molecule has 4 heteroatoms. The number of rotatable bonds is 7. The predicted octanol–water partition coefficient (Wildman–Crippen LogP) is 2.08. The lowest BCUT2D eigenvalue weighted by molar-refractivity contribution is -0.157. The van der Waals surface area contributed by atoms with Gasteiger partial charge in [-0.1, -0.05) is 27.7 Å². The quantitative estimate of drug-likeness (QED) is 0.687. The third kappa shape index (κ3) is 9.42. The zero-order valence-corrected chi connectivity index (χ0v) is 13.0. The first-order valence-corrected chi connectivity index (χ1v) is 6.84. The van der Waals surface area contributed by atoms with Gasteiger partial charge in [-0.2, -0.15) is 0 Å². The highest BCUT2D eigenvalue weighted by Gasteiger charge is 2.25. The molecule has 0 aliphatic rings. The number of carbonyl (C=O) groups is 1. The van der Waals surface area contributed by atoms with Gasteiger partial charge in [-0.05, 0) is 33.7 Å². The predicted molar refractivity (Wildman–Crippen MR) is 75.7 cm³/mol. The van der Waals surface area contributed by atoms with Crippen LogP contribution in [0.3, 0.4) is 0 Å². The molecule has 0 rings (SSSR count). The maximum atomic E-state index is 12.1. The van der Waals surface area contributed by atoms with Crippen molar-refractivity contribution in [1.29, 1.82) is 0 Å². The molecule has 0 fully saturated rings. The van der Waals surface area contributed by atoms with Crippen molar-refractivity contribution in [3.05, 3.63) is 0 Å². The Bertz CT molecular complexity index is 245. The molecule has 0 aromatic carbocycles. The van der Waals surface area contributed by atoms with E-state index in [1.807, 2.05) is 34.6 Å². The van der Waals surface area contributed by atoms with Gasteiger partial charge in [-0.25, -0.2) is 0 Å². The number of hydrogen-bond donors (Lipinski definition) is 2. The van der Waals surface area contributed by atoms with Gasteiger partial charge in [0.15, 0.2) is 0 Å². The number of hydrogen-bond acceptors (Lipinski definition) is 4. The van der Waals surface area contributed by atoms with E-state index in [4.69, 9.17) is 4.74 Å². The van der Waals surface area contributed by atoms with Crippen molar-refractivity contribution in [3.8, 4) is 0 Å². The Morgan fingerprint density at radius 3 is 2.06 bits per heavy atom. The monoisotopic (exact) mass is 258 g/mol. The van der Waals surface area contributed by atoms with E-state index >= 15 is 0 Å². The fraction of sp³-hybridized carbons (Fsp3) is 0.929. The van der Waals surface area contributed by atoms with Gasteiger partial charge in [0.05, 0.1) is 0 Å². The summed E-state index contributed by atoms with van der Waals surface area (Å²) >= 11 is 0. The molecular formula is C14H30N2O2. The Hall–Kier alpha value is -0.610. The first-order chi connectivity index (χ1) is 8.11. The van der Waals surface area contributed by atoms with Crippen LogP contribution in [0, 0.1) is 0 Å². The molecular weight excluding hydrogens is 228 g/mol. The summed E-state index contributed by atoms with van der Waals surface area (Å²) in [7, 11) is 0. The lowest BCUT2D eigenvalue weighted by Gasteiger charge is -2.26. The molecule has 2 N–H and O–H groups in total. The molecule has 4 nitrogen and oxygen atoms in total. The van der Waals surface area contributed by atoms with Crippen LogP contribution >= 0.6 is 0 Å². The van der Waals surface area contributed by atoms with E-state index in [1.54, 1.807) is 0 Å². The summed E-state index contributed by atoms with van der Waals surface area (Å²) in [5.74, 6) is -0.165. The lowest BCUT2D eigenvalue weighted by atomic mass is 10.1. The highest BCUT2D eigenvalue weighted by atomic mass is 16.6. The van der Waals surface area contributed by atoms with Crippen LogP contribution in [0.4, 0.5) is 0 Å². The molecule has 0 aliphatic carbocycles. The standard InChI is InChI=1S/C14H30N2O2/c1-10(2)15-9-8-12(16-11(3)4)13(17)18-14(5,6)7/h10-12,15-16H,8-9H2,1-7H3. The van der Waals surface area contributed by atoms with Gasteiger partial charge >= 0.3 is 5.97 Å². The van der Waals surface area contributed by atoms with Gasteiger partial charge in [0.25, 0.3) is 0 Å². The van der Waals surface area contributed by atoms with E-state index < -0.39 is 5.60 Å². The zero-order chi connectivity index (χ0) is 14.3. The Kier molecular flexibility index (Phi) is 7.48. The largest absolute Gasteiger partial charge is 0.459 e. The summed E-state index contributed by atoms with van der Waals surface area (Å²) in [6, 6.07) is 0.459. The van der Waals surface area contributed by atoms with Crippen LogP contribution in [0.1, 0.15) is 54.9 Å². The maximum absolute atomic E-state index is 12.1. The molecule has 1 atom stereocenters. The molecule has 0 amide bonds. The van der Waals surface area contributed by atoms with Crippen LogP contribution in [-0.2, 0) is 9.53 Å². The first kappa shape index (κ1) is 17.4. The molecule has 0 heterocycles. The summed E-state index contributed by atoms with van der Waals surface area (Å²) in [5, 5.41) is 6.58. The van der Waals surface area contributed by atoms with Crippen molar-refractivity contribution in [2.45, 2.75) is 78.6 Å². The maximum Gasteiger partial charge on any atom is 0.323 e. The zero-order valence-electron chi connectivity index (χ0n) is 13.0. The van der Waals surface area contributed by atoms with Crippen molar-refractivity contribution in [2.24, 2.45) is 0 Å². The van der Waals surface area contributed by atoms with Crippen molar-refractivity contribution < 1.29 is 9.53 Å². The van der Waals surface area contributed by atoms with Crippen LogP contribution in [0.2, 0.25) is 0 Å². The molecule has 108 valence electrons. The van der Waals surface area contributed by atoms with Gasteiger partial charge in [0.2, 0.25) is 0 Å². The Labute approximate surface area is 112 Å². The number of nitrogens with one attached hydrogen (secondary N) is 2. The van der Waals surface area contributed by atoms with Crippen LogP contribution in [0.5, 0.6) is 0 Å². The fourth-order valence-electron chi connectivity index (χ4n) is 1.56. The van der Waals surface area contributed by atoms with Crippen LogP contribution in [0.25, 0.3) is 0 Å². The van der Waals surface area contributed by atoms with Crippen LogP contribution in [-0.4, -0.2) is 36.2 Å². The van der Waals surface area contributed by atoms with Gasteiger partial charge in [-0.15, -0.1) is 0 Å². The Morgan fingerprint density at radius 1 is 1.11 bits per heavy atom. The molecule has 0 aliphatic heterocycles. The third-order valence-electron chi connectivity index (χ3n) is 2.21. The number of esters is 1. The van der Waals surface area contributed by atoms with Crippen LogP contribution < -0.4 is 10.6 Å². The van der Waals surface area contributed by atoms with Crippen LogP contribution in [0.15, 0.2) is 0 Å². The second kappa shape index (κ2) is 7.74. The summed E-state index contributed by atoms with van der Waals surface area (Å²) in [6.45, 7) is 14.7. The number of carbonyl (C=O) groups excluding carboxylic acids is 1. The van der Waals surface area contributed by atoms with Gasteiger partial charge in [-0.3, -0.25) is 4.79 Å². The average molecular weight is 258 g/mol. The van der Waals surface area contributed by atoms with E-state index in [1.165, 1.54) is 0 Å². The normalized spacial score (nSPS) is 14.1. The minimum absolute atomic E-state index is 0.165. The summed E-state index contributed by atoms with van der Waals surface area (Å²) in [5.41, 5.74) is -0.431. The first-order valence-electron chi connectivity index (χ1n) is 6.84. The van der Waals surface area contributed by atoms with Crippen molar-refractivity contribution >= 4 is 5.97 Å². The summed E-state index contributed by atoms with van der Waals surface area (Å²) in [4.78, 5) is 12.1. The second-order valence-electron chi connectivity index (χ2n) is 6.30. The summed E-state index contributed by atoms with van der Waals surface area (Å²) < 4.78 is 5.43. The van der Waals surface area contributed by atoms with E-state index in [0.717, 1.165) is 13.0 Å². The van der Waals surface area contributed by atoms with Crippen molar-refractivity contribution in [1.82, 2.24) is 10.6 Å². The minimum atomic E-state index is -0.431. The van der Waals surface area contributed by atoms with Gasteiger partial charge < -0.3 is 15.4 Å². The molecule has 0 aromatic heterocycles. The molecule has 0 aromatic rings. The van der Waals surface area contributed by atoms with E-state index in [2.05, 4.69) is 24.5 Å². The van der Waals surface area contributed by atoms with E-state index in [0.29, 0.717) is 6.04 Å². The smallest absolute Gasteiger partial charge is 0.323 e. The molecule has 0 spiro atoms. The van der Waals surface area contributed by atoms with Gasteiger partial charge in [0, 0.05) is 12.1 Å². The third-order valence-corrected chi connectivity index (χ3v) is 2.21. The molecule has 0 radical (unpaired) electrons. The highest BCUT2D eigenvalue weighted by molar-refractivity contribution is 5.76. The molecule has 0 bridgehead atoms. The number of ether oxygens (including phenoxy) is 1. The molecule has 18 heavy (non-hydrogen) atoms. The second-order valence-corrected chi connectivity index (χ2v) is 6.30. The Balaban J connectivity index is 4.33. The molecule has 0 saturated carbocycles.